The number of carbonyl (C=O) groups excluding carboxylic acids is 2. The van der Waals surface area contributed by atoms with Gasteiger partial charge in [0.2, 0.25) is 5.91 Å². The monoisotopic (exact) mass is 303 g/mol. The van der Waals surface area contributed by atoms with E-state index in [1.165, 1.54) is 11.3 Å². The van der Waals surface area contributed by atoms with E-state index in [4.69, 9.17) is 0 Å². The Morgan fingerprint density at radius 2 is 1.90 bits per heavy atom. The number of nitrogens with zero attached hydrogens (tertiary/aromatic N) is 1. The van der Waals surface area contributed by atoms with Crippen LogP contribution in [0.3, 0.4) is 0 Å². The molecule has 1 aromatic heterocycles. The maximum Gasteiger partial charge on any atom is 0.261 e. The second kappa shape index (κ2) is 7.44. The minimum atomic E-state index is -0.146. The van der Waals surface area contributed by atoms with Crippen LogP contribution in [0, 0.1) is 0 Å². The lowest BCUT2D eigenvalue weighted by Crippen LogP contribution is -2.40. The number of para-hydroxylation sites is 1. The van der Waals surface area contributed by atoms with E-state index in [0.717, 1.165) is 5.69 Å². The Kier molecular flexibility index (Phi) is 5.34. The molecule has 0 aliphatic heterocycles. The molecule has 0 saturated heterocycles. The summed E-state index contributed by atoms with van der Waals surface area (Å²) in [6.07, 6.45) is 0.230. The lowest BCUT2D eigenvalue weighted by Gasteiger charge is -2.20. The lowest BCUT2D eigenvalue weighted by atomic mass is 10.3. The molecule has 5 nitrogen and oxygen atoms in total. The smallest absolute Gasteiger partial charge is 0.261 e. The molecule has 21 heavy (non-hydrogen) atoms. The van der Waals surface area contributed by atoms with Crippen LogP contribution in [0.4, 0.5) is 5.69 Å². The van der Waals surface area contributed by atoms with Crippen LogP contribution < -0.4 is 15.8 Å². The molecular weight excluding hydrogens is 286 g/mol. The molecule has 0 saturated carbocycles. The van der Waals surface area contributed by atoms with Gasteiger partial charge in [-0.05, 0) is 23.6 Å². The van der Waals surface area contributed by atoms with E-state index in [0.29, 0.717) is 11.4 Å². The van der Waals surface area contributed by atoms with Crippen molar-refractivity contribution in [3.05, 3.63) is 52.7 Å². The van der Waals surface area contributed by atoms with Crippen LogP contribution in [0.5, 0.6) is 0 Å². The summed E-state index contributed by atoms with van der Waals surface area (Å²) in [6.45, 7) is 0.311. The van der Waals surface area contributed by atoms with Crippen LogP contribution in [0.2, 0.25) is 0 Å². The Bertz CT molecular complexity index is 584. The fourth-order valence-corrected chi connectivity index (χ4v) is 2.38. The number of benzene rings is 1. The maximum absolute atomic E-state index is 11.8. The number of rotatable bonds is 6. The zero-order chi connectivity index (χ0) is 15.1. The molecule has 110 valence electrons. The quantitative estimate of drug-likeness (QED) is 0.803. The second-order valence-electron chi connectivity index (χ2n) is 4.41. The van der Waals surface area contributed by atoms with Crippen molar-refractivity contribution >= 4 is 28.8 Å². The highest BCUT2D eigenvalue weighted by Gasteiger charge is 2.08. The number of carbonyl (C=O) groups is 2. The maximum atomic E-state index is 11.8. The summed E-state index contributed by atoms with van der Waals surface area (Å²) in [5.41, 5.74) is 3.65. The first kappa shape index (κ1) is 15.1. The number of amides is 2. The van der Waals surface area contributed by atoms with Gasteiger partial charge in [-0.3, -0.25) is 20.0 Å². The standard InChI is InChI=1S/C15H17N3O2S/c1-18(12-6-3-2-4-7-12)17-14(19)9-10-16-15(20)13-8-5-11-21-13/h2-8,11H,9-10H2,1H3,(H,16,20)(H,17,19). The molecule has 1 heterocycles. The zero-order valence-corrected chi connectivity index (χ0v) is 12.5. The molecular formula is C15H17N3O2S. The van der Waals surface area contributed by atoms with Crippen molar-refractivity contribution in [1.82, 2.24) is 10.7 Å². The highest BCUT2D eigenvalue weighted by molar-refractivity contribution is 7.12. The molecule has 0 radical (unpaired) electrons. The molecule has 0 fully saturated rings. The van der Waals surface area contributed by atoms with Crippen molar-refractivity contribution < 1.29 is 9.59 Å². The first-order chi connectivity index (χ1) is 10.2. The van der Waals surface area contributed by atoms with Gasteiger partial charge in [0.05, 0.1) is 10.6 Å². The Morgan fingerprint density at radius 3 is 2.57 bits per heavy atom. The van der Waals surface area contributed by atoms with Crippen molar-refractivity contribution in [2.75, 3.05) is 18.6 Å². The van der Waals surface area contributed by atoms with E-state index in [1.807, 2.05) is 41.8 Å². The van der Waals surface area contributed by atoms with Crippen LogP contribution in [0.15, 0.2) is 47.8 Å². The summed E-state index contributed by atoms with van der Waals surface area (Å²) in [7, 11) is 1.78. The summed E-state index contributed by atoms with van der Waals surface area (Å²) in [5, 5.41) is 6.22. The van der Waals surface area contributed by atoms with Gasteiger partial charge in [0.25, 0.3) is 5.91 Å². The van der Waals surface area contributed by atoms with Gasteiger partial charge >= 0.3 is 0 Å². The van der Waals surface area contributed by atoms with Gasteiger partial charge in [-0.25, -0.2) is 0 Å². The van der Waals surface area contributed by atoms with Gasteiger partial charge in [0.15, 0.2) is 0 Å². The Labute approximate surface area is 127 Å². The molecule has 2 rings (SSSR count). The topological polar surface area (TPSA) is 61.4 Å². The third-order valence-corrected chi connectivity index (χ3v) is 3.69. The van der Waals surface area contributed by atoms with E-state index in [-0.39, 0.29) is 18.2 Å². The molecule has 0 bridgehead atoms. The van der Waals surface area contributed by atoms with Crippen LogP contribution >= 0.6 is 11.3 Å². The second-order valence-corrected chi connectivity index (χ2v) is 5.36. The minimum Gasteiger partial charge on any atom is -0.351 e. The van der Waals surface area contributed by atoms with Crippen LogP contribution in [-0.2, 0) is 4.79 Å². The van der Waals surface area contributed by atoms with Gasteiger partial charge in [-0.1, -0.05) is 24.3 Å². The molecule has 1 aromatic carbocycles. The van der Waals surface area contributed by atoms with Crippen molar-refractivity contribution in [1.29, 1.82) is 0 Å². The van der Waals surface area contributed by atoms with E-state index in [2.05, 4.69) is 10.7 Å². The van der Waals surface area contributed by atoms with Crippen molar-refractivity contribution in [2.45, 2.75) is 6.42 Å². The summed E-state index contributed by atoms with van der Waals surface area (Å²) in [5.74, 6) is -0.290. The van der Waals surface area contributed by atoms with Gasteiger partial charge in [0, 0.05) is 20.0 Å². The Balaban J connectivity index is 1.71. The first-order valence-electron chi connectivity index (χ1n) is 6.57. The Morgan fingerprint density at radius 1 is 1.14 bits per heavy atom. The molecule has 6 heteroatoms. The first-order valence-corrected chi connectivity index (χ1v) is 7.45. The third-order valence-electron chi connectivity index (χ3n) is 2.82. The average Bonchev–Trinajstić information content (AvgIpc) is 3.02. The highest BCUT2D eigenvalue weighted by Crippen LogP contribution is 2.09. The predicted molar refractivity (Wildman–Crippen MR) is 84.3 cm³/mol. The lowest BCUT2D eigenvalue weighted by molar-refractivity contribution is -0.121. The van der Waals surface area contributed by atoms with Crippen LogP contribution in [0.25, 0.3) is 0 Å². The van der Waals surface area contributed by atoms with Gasteiger partial charge in [-0.15, -0.1) is 11.3 Å². The van der Waals surface area contributed by atoms with Gasteiger partial charge in [-0.2, -0.15) is 0 Å². The molecule has 2 amide bonds. The largest absolute Gasteiger partial charge is 0.351 e. The molecule has 0 atom stereocenters. The average molecular weight is 303 g/mol. The summed E-state index contributed by atoms with van der Waals surface area (Å²) < 4.78 is 0. The van der Waals surface area contributed by atoms with Crippen LogP contribution in [-0.4, -0.2) is 25.4 Å². The van der Waals surface area contributed by atoms with E-state index in [1.54, 1.807) is 18.1 Å². The predicted octanol–water partition coefficient (Wildman–Crippen LogP) is 2.04. The summed E-state index contributed by atoms with van der Waals surface area (Å²) in [4.78, 5) is 24.1. The number of hydrogen-bond donors (Lipinski definition) is 2. The van der Waals surface area contributed by atoms with Gasteiger partial charge < -0.3 is 5.32 Å². The summed E-state index contributed by atoms with van der Waals surface area (Å²) >= 11 is 1.38. The number of nitrogens with one attached hydrogen (secondary N) is 2. The number of hydrazine groups is 1. The third kappa shape index (κ3) is 4.61. The molecule has 0 aliphatic rings. The number of anilines is 1. The molecule has 2 aromatic rings. The molecule has 0 unspecified atom stereocenters. The highest BCUT2D eigenvalue weighted by atomic mass is 32.1. The zero-order valence-electron chi connectivity index (χ0n) is 11.7. The fraction of sp³-hybridized carbons (Fsp3) is 0.200. The minimum absolute atomic E-state index is 0.144. The SMILES string of the molecule is CN(NC(=O)CCNC(=O)c1cccs1)c1ccccc1. The van der Waals surface area contributed by atoms with E-state index >= 15 is 0 Å². The van der Waals surface area contributed by atoms with E-state index < -0.39 is 0 Å². The fourth-order valence-electron chi connectivity index (χ4n) is 1.74. The van der Waals surface area contributed by atoms with Gasteiger partial charge in [0.1, 0.15) is 0 Å². The molecule has 2 N–H and O–H groups in total. The normalized spacial score (nSPS) is 9.95. The Hall–Kier alpha value is -2.34. The van der Waals surface area contributed by atoms with Crippen molar-refractivity contribution in [2.24, 2.45) is 0 Å². The molecule has 0 spiro atoms. The number of thiophene rings is 1. The van der Waals surface area contributed by atoms with Crippen LogP contribution in [0.1, 0.15) is 16.1 Å². The van der Waals surface area contributed by atoms with E-state index in [9.17, 15) is 9.59 Å². The summed E-state index contributed by atoms with van der Waals surface area (Å²) in [6, 6.07) is 13.1. The van der Waals surface area contributed by atoms with Crippen molar-refractivity contribution in [3.63, 3.8) is 0 Å². The molecule has 0 aliphatic carbocycles. The number of hydrogen-bond acceptors (Lipinski definition) is 4. The van der Waals surface area contributed by atoms with Crippen molar-refractivity contribution in [3.8, 4) is 0 Å².